The average Bonchev–Trinajstić information content (AvgIpc) is 3.28. The molecule has 1 atom stereocenters. The largest absolute Gasteiger partial charge is 0.497 e. The zero-order valence-electron chi connectivity index (χ0n) is 14.9. The number of amides is 4. The first-order valence-corrected chi connectivity index (χ1v) is 8.61. The van der Waals surface area contributed by atoms with Crippen LogP contribution in [0.25, 0.3) is 0 Å². The number of methoxy groups -OCH3 is 1. The number of imide groups is 1. The minimum absolute atomic E-state index is 0.149. The maximum atomic E-state index is 12.5. The predicted octanol–water partition coefficient (Wildman–Crippen LogP) is 0.982. The van der Waals surface area contributed by atoms with Crippen LogP contribution in [0.4, 0.5) is 10.5 Å². The number of rotatable bonds is 8. The van der Waals surface area contributed by atoms with Crippen molar-refractivity contribution in [2.24, 2.45) is 0 Å². The van der Waals surface area contributed by atoms with Gasteiger partial charge in [-0.3, -0.25) is 9.59 Å². The van der Waals surface area contributed by atoms with Crippen molar-refractivity contribution < 1.29 is 19.1 Å². The highest BCUT2D eigenvalue weighted by Gasteiger charge is 2.38. The number of aromatic amines is 1. The summed E-state index contributed by atoms with van der Waals surface area (Å²) in [5.41, 5.74) is 1.40. The zero-order valence-corrected chi connectivity index (χ0v) is 14.9. The Morgan fingerprint density at radius 2 is 2.07 bits per heavy atom. The maximum Gasteiger partial charge on any atom is 0.329 e. The van der Waals surface area contributed by atoms with E-state index in [0.717, 1.165) is 10.6 Å². The second-order valence-corrected chi connectivity index (χ2v) is 6.09. The summed E-state index contributed by atoms with van der Waals surface area (Å²) in [5, 5.41) is 5.42. The molecule has 1 saturated heterocycles. The topological polar surface area (TPSA) is 116 Å². The Labute approximate surface area is 156 Å². The number of urea groups is 1. The van der Waals surface area contributed by atoms with Crippen molar-refractivity contribution in [3.05, 3.63) is 42.5 Å². The lowest BCUT2D eigenvalue weighted by molar-refractivity contribution is -0.121. The van der Waals surface area contributed by atoms with Crippen LogP contribution in [0.5, 0.6) is 5.75 Å². The van der Waals surface area contributed by atoms with E-state index in [1.165, 1.54) is 0 Å². The average molecular weight is 371 g/mol. The van der Waals surface area contributed by atoms with Crippen LogP contribution >= 0.6 is 0 Å². The van der Waals surface area contributed by atoms with E-state index in [-0.39, 0.29) is 24.7 Å². The van der Waals surface area contributed by atoms with Crippen molar-refractivity contribution in [2.45, 2.75) is 25.3 Å². The van der Waals surface area contributed by atoms with Crippen LogP contribution in [-0.4, -0.2) is 47.5 Å². The van der Waals surface area contributed by atoms with Crippen molar-refractivity contribution in [3.63, 3.8) is 0 Å². The molecule has 0 aliphatic carbocycles. The third-order valence-electron chi connectivity index (χ3n) is 4.28. The van der Waals surface area contributed by atoms with E-state index in [1.54, 1.807) is 43.9 Å². The summed E-state index contributed by atoms with van der Waals surface area (Å²) in [6.07, 6.45) is 4.33. The summed E-state index contributed by atoms with van der Waals surface area (Å²) >= 11 is 0. The van der Waals surface area contributed by atoms with Gasteiger partial charge in [-0.2, -0.15) is 0 Å². The lowest BCUT2D eigenvalue weighted by Gasteiger charge is -2.13. The van der Waals surface area contributed by atoms with Crippen molar-refractivity contribution in [2.75, 3.05) is 18.6 Å². The van der Waals surface area contributed by atoms with Crippen LogP contribution in [0.1, 0.15) is 18.5 Å². The summed E-state index contributed by atoms with van der Waals surface area (Å²) in [4.78, 5) is 44.6. The molecule has 27 heavy (non-hydrogen) atoms. The highest BCUT2D eigenvalue weighted by molar-refractivity contribution is 6.21. The molecule has 2 heterocycles. The van der Waals surface area contributed by atoms with E-state index in [1.807, 2.05) is 0 Å². The fourth-order valence-corrected chi connectivity index (χ4v) is 2.82. The molecular formula is C18H21N5O4. The van der Waals surface area contributed by atoms with Gasteiger partial charge in [0, 0.05) is 31.3 Å². The molecule has 0 saturated carbocycles. The third kappa shape index (κ3) is 4.43. The molecule has 0 unspecified atom stereocenters. The molecule has 0 spiro atoms. The van der Waals surface area contributed by atoms with Gasteiger partial charge in [-0.05, 0) is 30.7 Å². The molecule has 1 aliphatic rings. The first-order valence-electron chi connectivity index (χ1n) is 8.61. The highest BCUT2D eigenvalue weighted by atomic mass is 16.5. The number of nitrogens with one attached hydrogen (secondary N) is 3. The standard InChI is InChI=1S/C18H21N5O4/c1-27-14-4-2-13(3-5-14)23-17(25)15(22-18(23)26)6-7-16(24)20-9-8-12-10-19-11-21-12/h2-5,10-11,15H,6-9H2,1H3,(H,19,21)(H,20,24)(H,22,26)/t15-/m1/s1. The number of H-pyrrole nitrogens is 1. The van der Waals surface area contributed by atoms with Crippen molar-refractivity contribution in [1.82, 2.24) is 20.6 Å². The predicted molar refractivity (Wildman–Crippen MR) is 97.3 cm³/mol. The van der Waals surface area contributed by atoms with Gasteiger partial charge in [-0.15, -0.1) is 0 Å². The van der Waals surface area contributed by atoms with Gasteiger partial charge in [0.1, 0.15) is 11.8 Å². The van der Waals surface area contributed by atoms with Gasteiger partial charge in [0.05, 0.1) is 19.1 Å². The number of benzene rings is 1. The molecule has 1 aromatic carbocycles. The van der Waals surface area contributed by atoms with Gasteiger partial charge in [0.15, 0.2) is 0 Å². The number of nitrogens with zero attached hydrogens (tertiary/aromatic N) is 2. The Morgan fingerprint density at radius 3 is 2.74 bits per heavy atom. The van der Waals surface area contributed by atoms with Crippen molar-refractivity contribution in [1.29, 1.82) is 0 Å². The van der Waals surface area contributed by atoms with E-state index in [2.05, 4.69) is 20.6 Å². The van der Waals surface area contributed by atoms with Gasteiger partial charge in [-0.25, -0.2) is 14.7 Å². The SMILES string of the molecule is COc1ccc(N2C(=O)N[C@H](CCC(=O)NCCc3cnc[nH]3)C2=O)cc1. The van der Waals surface area contributed by atoms with Gasteiger partial charge in [0.25, 0.3) is 5.91 Å². The van der Waals surface area contributed by atoms with Gasteiger partial charge < -0.3 is 20.4 Å². The van der Waals surface area contributed by atoms with E-state index >= 15 is 0 Å². The molecule has 3 N–H and O–H groups in total. The molecule has 0 bridgehead atoms. The number of aromatic nitrogens is 2. The fraction of sp³-hybridized carbons (Fsp3) is 0.333. The molecule has 1 aliphatic heterocycles. The molecule has 142 valence electrons. The normalized spacial score (nSPS) is 16.3. The number of hydrogen-bond donors (Lipinski definition) is 3. The lowest BCUT2D eigenvalue weighted by Crippen LogP contribution is -2.33. The van der Waals surface area contributed by atoms with Crippen LogP contribution in [0.2, 0.25) is 0 Å². The number of anilines is 1. The minimum atomic E-state index is -0.710. The van der Waals surface area contributed by atoms with Crippen molar-refractivity contribution in [3.8, 4) is 5.75 Å². The summed E-state index contributed by atoms with van der Waals surface area (Å²) in [6, 6.07) is 5.43. The first kappa shape index (κ1) is 18.4. The van der Waals surface area contributed by atoms with Gasteiger partial charge in [-0.1, -0.05) is 0 Å². The van der Waals surface area contributed by atoms with Crippen LogP contribution in [0, 0.1) is 0 Å². The zero-order chi connectivity index (χ0) is 19.2. The number of hydrogen-bond acceptors (Lipinski definition) is 5. The van der Waals surface area contributed by atoms with Crippen LogP contribution < -0.4 is 20.3 Å². The maximum absolute atomic E-state index is 12.5. The van der Waals surface area contributed by atoms with E-state index < -0.39 is 12.1 Å². The number of imidazole rings is 1. The summed E-state index contributed by atoms with van der Waals surface area (Å²) < 4.78 is 5.07. The Balaban J connectivity index is 1.48. The quantitative estimate of drug-likeness (QED) is 0.598. The Morgan fingerprint density at radius 1 is 1.30 bits per heavy atom. The molecule has 4 amide bonds. The molecule has 9 nitrogen and oxygen atoms in total. The summed E-state index contributed by atoms with van der Waals surface area (Å²) in [5.74, 6) is 0.101. The monoisotopic (exact) mass is 371 g/mol. The van der Waals surface area contributed by atoms with E-state index in [4.69, 9.17) is 4.74 Å². The molecule has 3 rings (SSSR count). The van der Waals surface area contributed by atoms with E-state index in [0.29, 0.717) is 24.4 Å². The first-order chi connectivity index (χ1) is 13.1. The lowest BCUT2D eigenvalue weighted by atomic mass is 10.1. The van der Waals surface area contributed by atoms with Crippen LogP contribution in [0.15, 0.2) is 36.8 Å². The second-order valence-electron chi connectivity index (χ2n) is 6.09. The molecule has 1 fully saturated rings. The number of carbonyl (C=O) groups is 3. The number of carbonyl (C=O) groups excluding carboxylic acids is 3. The smallest absolute Gasteiger partial charge is 0.329 e. The molecular weight excluding hydrogens is 350 g/mol. The second kappa shape index (κ2) is 8.35. The minimum Gasteiger partial charge on any atom is -0.497 e. The van der Waals surface area contributed by atoms with Crippen molar-refractivity contribution >= 4 is 23.5 Å². The summed E-state index contributed by atoms with van der Waals surface area (Å²) in [7, 11) is 1.54. The number of ether oxygens (including phenoxy) is 1. The Kier molecular flexibility index (Phi) is 5.70. The van der Waals surface area contributed by atoms with Gasteiger partial charge in [0.2, 0.25) is 5.91 Å². The Hall–Kier alpha value is -3.36. The van der Waals surface area contributed by atoms with Crippen LogP contribution in [-0.2, 0) is 16.0 Å². The molecule has 2 aromatic rings. The Bertz CT molecular complexity index is 804. The third-order valence-corrected chi connectivity index (χ3v) is 4.28. The fourth-order valence-electron chi connectivity index (χ4n) is 2.82. The molecule has 0 radical (unpaired) electrons. The van der Waals surface area contributed by atoms with Gasteiger partial charge >= 0.3 is 6.03 Å². The molecule has 9 heteroatoms. The van der Waals surface area contributed by atoms with Crippen LogP contribution in [0.3, 0.4) is 0 Å². The highest BCUT2D eigenvalue weighted by Crippen LogP contribution is 2.23. The summed E-state index contributed by atoms with van der Waals surface area (Å²) in [6.45, 7) is 0.476. The van der Waals surface area contributed by atoms with E-state index in [9.17, 15) is 14.4 Å². The molecule has 1 aromatic heterocycles.